The number of carbonyl (C=O) groups is 5. The summed E-state index contributed by atoms with van der Waals surface area (Å²) in [7, 11) is 0. The number of nitrogens with two attached hydrogens (primary N) is 2. The third-order valence-electron chi connectivity index (χ3n) is 5.11. The molecular formula is C21H39N5O7S. The van der Waals surface area contributed by atoms with Crippen molar-refractivity contribution in [3.8, 4) is 0 Å². The van der Waals surface area contributed by atoms with Gasteiger partial charge in [0.2, 0.25) is 17.7 Å². The van der Waals surface area contributed by atoms with Crippen molar-refractivity contribution in [2.24, 2.45) is 17.4 Å². The van der Waals surface area contributed by atoms with Crippen LogP contribution in [0.1, 0.15) is 52.4 Å². The van der Waals surface area contributed by atoms with Crippen molar-refractivity contribution in [3.63, 3.8) is 0 Å². The predicted molar refractivity (Wildman–Crippen MR) is 129 cm³/mol. The first-order valence-corrected chi connectivity index (χ1v) is 12.6. The fourth-order valence-corrected chi connectivity index (χ4v) is 3.38. The van der Waals surface area contributed by atoms with Gasteiger partial charge in [0.25, 0.3) is 0 Å². The van der Waals surface area contributed by atoms with Crippen LogP contribution in [0.5, 0.6) is 0 Å². The van der Waals surface area contributed by atoms with Crippen molar-refractivity contribution in [2.45, 2.75) is 76.5 Å². The number of hydrogen-bond donors (Lipinski definition) is 7. The van der Waals surface area contributed by atoms with E-state index in [1.807, 2.05) is 6.26 Å². The molecule has 0 saturated carbocycles. The Balaban J connectivity index is 5.47. The Morgan fingerprint density at radius 1 is 0.824 bits per heavy atom. The zero-order valence-corrected chi connectivity index (χ0v) is 20.9. The van der Waals surface area contributed by atoms with Gasteiger partial charge in [0.15, 0.2) is 0 Å². The number of nitrogens with one attached hydrogen (secondary N) is 3. The van der Waals surface area contributed by atoms with Gasteiger partial charge in [0.1, 0.15) is 18.1 Å². The lowest BCUT2D eigenvalue weighted by Gasteiger charge is -2.25. The molecule has 196 valence electrons. The number of unbranched alkanes of at least 4 members (excludes halogenated alkanes) is 1. The Morgan fingerprint density at radius 2 is 1.35 bits per heavy atom. The van der Waals surface area contributed by atoms with Gasteiger partial charge in [-0.3, -0.25) is 19.2 Å². The van der Waals surface area contributed by atoms with E-state index in [1.54, 1.807) is 13.8 Å². The van der Waals surface area contributed by atoms with Crippen LogP contribution in [-0.4, -0.2) is 82.6 Å². The number of hydrogen-bond acceptors (Lipinski definition) is 8. The highest BCUT2D eigenvalue weighted by Crippen LogP contribution is 2.08. The van der Waals surface area contributed by atoms with E-state index in [0.717, 1.165) is 0 Å². The minimum atomic E-state index is -1.22. The second-order valence-corrected chi connectivity index (χ2v) is 9.28. The third-order valence-corrected chi connectivity index (χ3v) is 5.75. The molecule has 3 amide bonds. The zero-order valence-electron chi connectivity index (χ0n) is 20.0. The highest BCUT2D eigenvalue weighted by Gasteiger charge is 2.30. The predicted octanol–water partition coefficient (Wildman–Crippen LogP) is -0.744. The normalized spacial score (nSPS) is 14.5. The number of carboxylic acid groups (broad SMARTS) is 2. The second kappa shape index (κ2) is 17.1. The highest BCUT2D eigenvalue weighted by molar-refractivity contribution is 7.98. The lowest BCUT2D eigenvalue weighted by Crippen LogP contribution is -2.57. The van der Waals surface area contributed by atoms with Crippen LogP contribution in [0.25, 0.3) is 0 Å². The number of rotatable bonds is 18. The van der Waals surface area contributed by atoms with Crippen LogP contribution < -0.4 is 27.4 Å². The van der Waals surface area contributed by atoms with Crippen LogP contribution in [-0.2, 0) is 24.0 Å². The van der Waals surface area contributed by atoms with Crippen molar-refractivity contribution in [3.05, 3.63) is 0 Å². The Labute approximate surface area is 204 Å². The molecular weight excluding hydrogens is 466 g/mol. The molecule has 9 N–H and O–H groups in total. The first-order valence-electron chi connectivity index (χ1n) is 11.2. The molecule has 13 heteroatoms. The van der Waals surface area contributed by atoms with E-state index in [1.165, 1.54) is 11.8 Å². The fourth-order valence-electron chi connectivity index (χ4n) is 2.91. The molecule has 0 radical (unpaired) electrons. The van der Waals surface area contributed by atoms with Crippen LogP contribution in [0.15, 0.2) is 0 Å². The van der Waals surface area contributed by atoms with Gasteiger partial charge in [-0.1, -0.05) is 13.8 Å². The van der Waals surface area contributed by atoms with Gasteiger partial charge in [-0.15, -0.1) is 0 Å². The summed E-state index contributed by atoms with van der Waals surface area (Å²) in [4.78, 5) is 60.6. The number of carboxylic acids is 2. The molecule has 0 rings (SSSR count). The molecule has 0 aliphatic carbocycles. The fraction of sp³-hybridized carbons (Fsp3) is 0.762. The van der Waals surface area contributed by atoms with Gasteiger partial charge >= 0.3 is 11.9 Å². The van der Waals surface area contributed by atoms with E-state index in [2.05, 4.69) is 16.0 Å². The van der Waals surface area contributed by atoms with Crippen molar-refractivity contribution < 1.29 is 34.2 Å². The highest BCUT2D eigenvalue weighted by atomic mass is 32.2. The van der Waals surface area contributed by atoms with Gasteiger partial charge < -0.3 is 37.6 Å². The second-order valence-electron chi connectivity index (χ2n) is 8.29. The summed E-state index contributed by atoms with van der Waals surface area (Å²) >= 11 is 1.43. The monoisotopic (exact) mass is 505 g/mol. The quantitative estimate of drug-likeness (QED) is 0.116. The largest absolute Gasteiger partial charge is 0.481 e. The molecule has 0 fully saturated rings. The first kappa shape index (κ1) is 31.6. The topological polar surface area (TPSA) is 214 Å². The molecule has 0 aromatic carbocycles. The SMILES string of the molecule is CSCCC(NC(=O)C(CCC(=O)O)NC(=O)C(N)C(C)C)C(=O)NC(CCCCN)C(=O)O. The summed E-state index contributed by atoms with van der Waals surface area (Å²) in [6.07, 6.45) is 2.73. The Kier molecular flexibility index (Phi) is 15.9. The average molecular weight is 506 g/mol. The molecule has 0 saturated heterocycles. The number of carbonyl (C=O) groups excluding carboxylic acids is 3. The van der Waals surface area contributed by atoms with Crippen LogP contribution in [0, 0.1) is 5.92 Å². The maximum Gasteiger partial charge on any atom is 0.326 e. The Hall–Kier alpha value is -2.38. The zero-order chi connectivity index (χ0) is 26.3. The van der Waals surface area contributed by atoms with Gasteiger partial charge in [0, 0.05) is 6.42 Å². The first-order chi connectivity index (χ1) is 15.9. The van der Waals surface area contributed by atoms with Gasteiger partial charge in [-0.2, -0.15) is 11.8 Å². The molecule has 34 heavy (non-hydrogen) atoms. The summed E-state index contributed by atoms with van der Waals surface area (Å²) in [5.41, 5.74) is 11.3. The Bertz CT molecular complexity index is 692. The van der Waals surface area contributed by atoms with E-state index < -0.39 is 53.8 Å². The van der Waals surface area contributed by atoms with Crippen LogP contribution in [0.4, 0.5) is 0 Å². The lowest BCUT2D eigenvalue weighted by atomic mass is 10.0. The van der Waals surface area contributed by atoms with Crippen molar-refractivity contribution in [1.82, 2.24) is 16.0 Å². The Morgan fingerprint density at radius 3 is 1.82 bits per heavy atom. The van der Waals surface area contributed by atoms with E-state index in [9.17, 15) is 29.1 Å². The van der Waals surface area contributed by atoms with E-state index in [0.29, 0.717) is 25.1 Å². The number of amides is 3. The number of aliphatic carboxylic acids is 2. The summed E-state index contributed by atoms with van der Waals surface area (Å²) in [5.74, 6) is -4.11. The van der Waals surface area contributed by atoms with Crippen molar-refractivity contribution >= 4 is 41.4 Å². The maximum absolute atomic E-state index is 12.9. The van der Waals surface area contributed by atoms with Gasteiger partial charge in [0.05, 0.1) is 6.04 Å². The molecule has 0 aromatic heterocycles. The average Bonchev–Trinajstić information content (AvgIpc) is 2.77. The lowest BCUT2D eigenvalue weighted by molar-refractivity contribution is -0.142. The van der Waals surface area contributed by atoms with Gasteiger partial charge in [-0.05, 0) is 56.6 Å². The molecule has 4 unspecified atom stereocenters. The van der Waals surface area contributed by atoms with E-state index in [4.69, 9.17) is 16.6 Å². The molecule has 0 spiro atoms. The maximum atomic E-state index is 12.9. The molecule has 4 atom stereocenters. The minimum Gasteiger partial charge on any atom is -0.481 e. The minimum absolute atomic E-state index is 0.186. The molecule has 12 nitrogen and oxygen atoms in total. The molecule has 0 aliphatic rings. The van der Waals surface area contributed by atoms with E-state index in [-0.39, 0.29) is 31.6 Å². The molecule has 0 bridgehead atoms. The van der Waals surface area contributed by atoms with Crippen molar-refractivity contribution in [1.29, 1.82) is 0 Å². The molecule has 0 heterocycles. The summed E-state index contributed by atoms with van der Waals surface area (Å²) in [5, 5.41) is 25.9. The van der Waals surface area contributed by atoms with Crippen LogP contribution in [0.2, 0.25) is 0 Å². The summed E-state index contributed by atoms with van der Waals surface area (Å²) in [6.45, 7) is 3.86. The van der Waals surface area contributed by atoms with E-state index >= 15 is 0 Å². The van der Waals surface area contributed by atoms with Crippen molar-refractivity contribution in [2.75, 3.05) is 18.6 Å². The smallest absolute Gasteiger partial charge is 0.326 e. The standard InChI is InChI=1S/C21H39N5O7S/c1-12(2)17(23)20(31)25-13(7-8-16(27)28)18(29)24-14(9-11-34-3)19(30)26-15(21(32)33)6-4-5-10-22/h12-15,17H,4-11,22-23H2,1-3H3,(H,24,29)(H,25,31)(H,26,30)(H,27,28)(H,32,33). The van der Waals surface area contributed by atoms with Gasteiger partial charge in [-0.25, -0.2) is 4.79 Å². The number of thioether (sulfide) groups is 1. The molecule has 0 aliphatic heterocycles. The summed E-state index contributed by atoms with van der Waals surface area (Å²) < 4.78 is 0. The third kappa shape index (κ3) is 12.8. The van der Waals surface area contributed by atoms with Crippen LogP contribution in [0.3, 0.4) is 0 Å². The summed E-state index contributed by atoms with van der Waals surface area (Å²) in [6, 6.07) is -4.34. The molecule has 0 aromatic rings. The van der Waals surface area contributed by atoms with Crippen LogP contribution >= 0.6 is 11.8 Å².